The Labute approximate surface area is 86.6 Å². The van der Waals surface area contributed by atoms with Crippen LogP contribution in [0.3, 0.4) is 0 Å². The zero-order valence-corrected chi connectivity index (χ0v) is 9.17. The number of carbonyl (C=O) groups is 1. The molecule has 0 aliphatic rings. The Hall–Kier alpha value is -0.610. The van der Waals surface area contributed by atoms with Gasteiger partial charge in [-0.05, 0) is 38.8 Å². The lowest BCUT2D eigenvalue weighted by Crippen LogP contribution is -2.31. The number of amides is 1. The summed E-state index contributed by atoms with van der Waals surface area (Å²) in [6.45, 7) is 4.68. The largest absolute Gasteiger partial charge is 0.343 e. The second kappa shape index (κ2) is 8.97. The van der Waals surface area contributed by atoms with Crippen LogP contribution in [0.1, 0.15) is 32.6 Å². The van der Waals surface area contributed by atoms with Gasteiger partial charge >= 0.3 is 0 Å². The molecule has 0 saturated carbocycles. The minimum absolute atomic E-state index is 0.152. The lowest BCUT2D eigenvalue weighted by atomic mass is 10.2. The van der Waals surface area contributed by atoms with Crippen molar-refractivity contribution in [2.75, 3.05) is 26.2 Å². The minimum atomic E-state index is 0.152. The molecule has 0 saturated heterocycles. The van der Waals surface area contributed by atoms with E-state index in [2.05, 4.69) is 0 Å². The van der Waals surface area contributed by atoms with Gasteiger partial charge in [-0.1, -0.05) is 0 Å². The number of unbranched alkanes of at least 4 members (excludes halogenated alkanes) is 2. The summed E-state index contributed by atoms with van der Waals surface area (Å²) in [5.41, 5.74) is 10.8. The van der Waals surface area contributed by atoms with Crippen molar-refractivity contribution in [3.8, 4) is 0 Å². The van der Waals surface area contributed by atoms with Crippen LogP contribution in [0.4, 0.5) is 0 Å². The third-order valence-electron chi connectivity index (χ3n) is 2.21. The third-order valence-corrected chi connectivity index (χ3v) is 2.21. The molecule has 0 spiro atoms. The van der Waals surface area contributed by atoms with Gasteiger partial charge in [-0.25, -0.2) is 0 Å². The number of nitrogens with two attached hydrogens (primary N) is 2. The summed E-state index contributed by atoms with van der Waals surface area (Å²) < 4.78 is 0. The standard InChI is InChI=1S/C10H23N3O/c1-10(14)13(8-4-2-6-11)9-5-3-7-12/h2-9,11-12H2,1H3. The van der Waals surface area contributed by atoms with Gasteiger partial charge in [0.25, 0.3) is 0 Å². The summed E-state index contributed by atoms with van der Waals surface area (Å²) in [7, 11) is 0. The molecule has 0 aliphatic carbocycles. The molecule has 4 N–H and O–H groups in total. The molecule has 0 rings (SSSR count). The first-order chi connectivity index (χ1) is 6.72. The monoisotopic (exact) mass is 201 g/mol. The molecule has 1 amide bonds. The maximum absolute atomic E-state index is 11.2. The van der Waals surface area contributed by atoms with Crippen molar-refractivity contribution in [1.82, 2.24) is 4.90 Å². The Morgan fingerprint density at radius 3 is 1.71 bits per heavy atom. The summed E-state index contributed by atoms with van der Waals surface area (Å²) in [6, 6.07) is 0. The van der Waals surface area contributed by atoms with Crippen molar-refractivity contribution in [1.29, 1.82) is 0 Å². The number of rotatable bonds is 8. The average molecular weight is 201 g/mol. The van der Waals surface area contributed by atoms with Crippen molar-refractivity contribution in [3.05, 3.63) is 0 Å². The van der Waals surface area contributed by atoms with Crippen LogP contribution >= 0.6 is 0 Å². The molecule has 0 aromatic carbocycles. The van der Waals surface area contributed by atoms with E-state index in [0.29, 0.717) is 13.1 Å². The van der Waals surface area contributed by atoms with E-state index >= 15 is 0 Å². The highest BCUT2D eigenvalue weighted by molar-refractivity contribution is 5.73. The molecule has 0 unspecified atom stereocenters. The molecule has 0 bridgehead atoms. The number of hydrogen-bond acceptors (Lipinski definition) is 3. The van der Waals surface area contributed by atoms with Crippen LogP contribution in [-0.2, 0) is 4.79 Å². The fraction of sp³-hybridized carbons (Fsp3) is 0.900. The van der Waals surface area contributed by atoms with E-state index < -0.39 is 0 Å². The van der Waals surface area contributed by atoms with Gasteiger partial charge in [-0.15, -0.1) is 0 Å². The highest BCUT2D eigenvalue weighted by Crippen LogP contribution is 1.99. The second-order valence-corrected chi connectivity index (χ2v) is 3.50. The van der Waals surface area contributed by atoms with Crippen LogP contribution in [-0.4, -0.2) is 37.0 Å². The van der Waals surface area contributed by atoms with Gasteiger partial charge in [-0.2, -0.15) is 0 Å². The Bertz CT molecular complexity index is 140. The smallest absolute Gasteiger partial charge is 0.219 e. The van der Waals surface area contributed by atoms with Gasteiger partial charge < -0.3 is 16.4 Å². The summed E-state index contributed by atoms with van der Waals surface area (Å²) in [5.74, 6) is 0.152. The van der Waals surface area contributed by atoms with Crippen molar-refractivity contribution >= 4 is 5.91 Å². The van der Waals surface area contributed by atoms with Crippen LogP contribution in [0.25, 0.3) is 0 Å². The fourth-order valence-corrected chi connectivity index (χ4v) is 1.32. The quantitative estimate of drug-likeness (QED) is 0.555. The van der Waals surface area contributed by atoms with Gasteiger partial charge in [0.15, 0.2) is 0 Å². The highest BCUT2D eigenvalue weighted by atomic mass is 16.2. The molecule has 14 heavy (non-hydrogen) atoms. The van der Waals surface area contributed by atoms with E-state index in [1.54, 1.807) is 6.92 Å². The SMILES string of the molecule is CC(=O)N(CCCCN)CCCCN. The highest BCUT2D eigenvalue weighted by Gasteiger charge is 2.06. The van der Waals surface area contributed by atoms with E-state index in [4.69, 9.17) is 11.5 Å². The van der Waals surface area contributed by atoms with Gasteiger partial charge in [-0.3, -0.25) is 4.79 Å². The first-order valence-electron chi connectivity index (χ1n) is 5.38. The van der Waals surface area contributed by atoms with Crippen LogP contribution in [0.2, 0.25) is 0 Å². The van der Waals surface area contributed by atoms with Gasteiger partial charge in [0.05, 0.1) is 0 Å². The third kappa shape index (κ3) is 6.86. The topological polar surface area (TPSA) is 72.3 Å². The molecule has 0 fully saturated rings. The number of nitrogens with zero attached hydrogens (tertiary/aromatic N) is 1. The molecule has 0 aromatic heterocycles. The lowest BCUT2D eigenvalue weighted by molar-refractivity contribution is -0.129. The molecule has 4 heteroatoms. The Morgan fingerprint density at radius 2 is 1.43 bits per heavy atom. The van der Waals surface area contributed by atoms with Crippen LogP contribution in [0, 0.1) is 0 Å². The zero-order valence-electron chi connectivity index (χ0n) is 9.17. The van der Waals surface area contributed by atoms with Crippen molar-refractivity contribution in [3.63, 3.8) is 0 Å². The average Bonchev–Trinajstić information content (AvgIpc) is 2.15. The predicted octanol–water partition coefficient (Wildman–Crippen LogP) is 0.313. The van der Waals surface area contributed by atoms with Crippen molar-refractivity contribution in [2.45, 2.75) is 32.6 Å². The van der Waals surface area contributed by atoms with Gasteiger partial charge in [0.1, 0.15) is 0 Å². The molecule has 84 valence electrons. The van der Waals surface area contributed by atoms with E-state index in [1.807, 2.05) is 4.90 Å². The van der Waals surface area contributed by atoms with E-state index in [9.17, 15) is 4.79 Å². The summed E-state index contributed by atoms with van der Waals surface area (Å²) in [6.07, 6.45) is 3.97. The first-order valence-corrected chi connectivity index (χ1v) is 5.38. The number of hydrogen-bond donors (Lipinski definition) is 2. The van der Waals surface area contributed by atoms with E-state index in [0.717, 1.165) is 38.8 Å². The van der Waals surface area contributed by atoms with Crippen molar-refractivity contribution < 1.29 is 4.79 Å². The molecular weight excluding hydrogens is 178 g/mol. The van der Waals surface area contributed by atoms with Crippen LogP contribution < -0.4 is 11.5 Å². The molecule has 4 nitrogen and oxygen atoms in total. The van der Waals surface area contributed by atoms with Gasteiger partial charge in [0, 0.05) is 20.0 Å². The summed E-state index contributed by atoms with van der Waals surface area (Å²) >= 11 is 0. The number of carbonyl (C=O) groups excluding carboxylic acids is 1. The fourth-order valence-electron chi connectivity index (χ4n) is 1.32. The second-order valence-electron chi connectivity index (χ2n) is 3.50. The zero-order chi connectivity index (χ0) is 10.8. The summed E-state index contributed by atoms with van der Waals surface area (Å²) in [4.78, 5) is 13.1. The molecule has 0 radical (unpaired) electrons. The van der Waals surface area contributed by atoms with E-state index in [1.165, 1.54) is 0 Å². The van der Waals surface area contributed by atoms with Crippen LogP contribution in [0.5, 0.6) is 0 Å². The Balaban J connectivity index is 3.61. The van der Waals surface area contributed by atoms with E-state index in [-0.39, 0.29) is 5.91 Å². The molecule has 0 aliphatic heterocycles. The molecule has 0 atom stereocenters. The summed E-state index contributed by atoms with van der Waals surface area (Å²) in [5, 5.41) is 0. The predicted molar refractivity (Wildman–Crippen MR) is 58.8 cm³/mol. The Kier molecular flexibility index (Phi) is 8.57. The Morgan fingerprint density at radius 1 is 1.00 bits per heavy atom. The van der Waals surface area contributed by atoms with Crippen molar-refractivity contribution in [2.24, 2.45) is 11.5 Å². The molecular formula is C10H23N3O. The first kappa shape index (κ1) is 13.4. The van der Waals surface area contributed by atoms with Gasteiger partial charge in [0.2, 0.25) is 5.91 Å². The lowest BCUT2D eigenvalue weighted by Gasteiger charge is -2.20. The normalized spacial score (nSPS) is 10.2. The van der Waals surface area contributed by atoms with Crippen LogP contribution in [0.15, 0.2) is 0 Å². The maximum atomic E-state index is 11.2. The maximum Gasteiger partial charge on any atom is 0.219 e. The molecule has 0 heterocycles. The molecule has 0 aromatic rings. The minimum Gasteiger partial charge on any atom is -0.343 e.